The highest BCUT2D eigenvalue weighted by Crippen LogP contribution is 2.26. The lowest BCUT2D eigenvalue weighted by Gasteiger charge is -2.31. The van der Waals surface area contributed by atoms with Crippen LogP contribution in [0.3, 0.4) is 0 Å². The van der Waals surface area contributed by atoms with Gasteiger partial charge in [0.15, 0.2) is 5.82 Å². The molecule has 3 rings (SSSR count). The van der Waals surface area contributed by atoms with Gasteiger partial charge in [-0.1, -0.05) is 6.92 Å². The number of hydrogen-bond donors (Lipinski definition) is 0. The molecule has 3 heterocycles. The molecule has 0 aromatic carbocycles. The van der Waals surface area contributed by atoms with E-state index in [-0.39, 0.29) is 0 Å². The fourth-order valence-electron chi connectivity index (χ4n) is 2.97. The van der Waals surface area contributed by atoms with Gasteiger partial charge in [0, 0.05) is 37.9 Å². The van der Waals surface area contributed by atoms with E-state index in [0.717, 1.165) is 43.9 Å². The molecule has 1 fully saturated rings. The van der Waals surface area contributed by atoms with Crippen molar-refractivity contribution in [3.05, 3.63) is 35.6 Å². The Labute approximate surface area is 136 Å². The molecule has 1 atom stereocenters. The molecule has 0 spiro atoms. The van der Waals surface area contributed by atoms with Crippen molar-refractivity contribution in [1.82, 2.24) is 25.1 Å². The van der Waals surface area contributed by atoms with Crippen LogP contribution in [0.5, 0.6) is 0 Å². The summed E-state index contributed by atoms with van der Waals surface area (Å²) in [5, 5.41) is 8.15. The number of piperidine rings is 1. The summed E-state index contributed by atoms with van der Waals surface area (Å²) in [5.41, 5.74) is 1.09. The number of nitrogens with zero attached hydrogens (tertiary/aromatic N) is 5. The first kappa shape index (κ1) is 16.0. The lowest BCUT2D eigenvalue weighted by Crippen LogP contribution is -2.34. The van der Waals surface area contributed by atoms with Crippen LogP contribution < -0.4 is 0 Å². The number of hydrogen-bond acceptors (Lipinski definition) is 7. The van der Waals surface area contributed by atoms with Gasteiger partial charge in [0.2, 0.25) is 11.8 Å². The molecular weight excluding hydrogens is 294 g/mol. The van der Waals surface area contributed by atoms with Crippen molar-refractivity contribution in [2.45, 2.75) is 45.3 Å². The van der Waals surface area contributed by atoms with Gasteiger partial charge in [-0.2, -0.15) is 0 Å². The van der Waals surface area contributed by atoms with Gasteiger partial charge in [-0.3, -0.25) is 4.90 Å². The summed E-state index contributed by atoms with van der Waals surface area (Å²) >= 11 is 0. The Morgan fingerprint density at radius 1 is 1.35 bits per heavy atom. The van der Waals surface area contributed by atoms with Crippen LogP contribution in [0.1, 0.15) is 49.0 Å². The molecule has 1 saturated heterocycles. The maximum absolute atomic E-state index is 5.62. The minimum atomic E-state index is 0.413. The molecule has 0 aliphatic carbocycles. The number of rotatable bonds is 6. The first-order chi connectivity index (χ1) is 11.3. The smallest absolute Gasteiger partial charge is 0.230 e. The van der Waals surface area contributed by atoms with Crippen molar-refractivity contribution in [3.8, 4) is 0 Å². The Morgan fingerprint density at radius 3 is 3.00 bits per heavy atom. The van der Waals surface area contributed by atoms with E-state index in [1.807, 2.05) is 19.2 Å². The van der Waals surface area contributed by atoms with Crippen LogP contribution in [0, 0.1) is 0 Å². The number of likely N-dealkylation sites (tertiary alicyclic amines) is 1. The molecule has 124 valence electrons. The summed E-state index contributed by atoms with van der Waals surface area (Å²) in [6, 6.07) is 2.01. The summed E-state index contributed by atoms with van der Waals surface area (Å²) in [6.45, 7) is 5.18. The SMILES string of the molecule is CCc1nnc(CN2CCC[C@@H](c3ccnc(COC)n3)C2)o1. The zero-order valence-electron chi connectivity index (χ0n) is 13.7. The Balaban J connectivity index is 1.64. The van der Waals surface area contributed by atoms with Gasteiger partial charge in [0.1, 0.15) is 6.61 Å². The lowest BCUT2D eigenvalue weighted by molar-refractivity contribution is 0.173. The molecule has 7 nitrogen and oxygen atoms in total. The normalized spacial score (nSPS) is 19.1. The average molecular weight is 317 g/mol. The van der Waals surface area contributed by atoms with Crippen molar-refractivity contribution >= 4 is 0 Å². The molecule has 23 heavy (non-hydrogen) atoms. The summed E-state index contributed by atoms with van der Waals surface area (Å²) in [4.78, 5) is 11.2. The molecule has 0 amide bonds. The third-order valence-corrected chi connectivity index (χ3v) is 4.09. The number of methoxy groups -OCH3 is 1. The van der Waals surface area contributed by atoms with Crippen LogP contribution in [0.4, 0.5) is 0 Å². The van der Waals surface area contributed by atoms with E-state index in [0.29, 0.717) is 30.9 Å². The molecule has 0 N–H and O–H groups in total. The molecule has 7 heteroatoms. The number of aromatic nitrogens is 4. The summed E-state index contributed by atoms with van der Waals surface area (Å²) in [5.74, 6) is 2.56. The first-order valence-corrected chi connectivity index (χ1v) is 8.13. The molecule has 0 saturated carbocycles. The predicted octanol–water partition coefficient (Wildman–Crippen LogP) is 1.95. The van der Waals surface area contributed by atoms with Gasteiger partial charge >= 0.3 is 0 Å². The largest absolute Gasteiger partial charge is 0.424 e. The number of ether oxygens (including phenoxy) is 1. The maximum atomic E-state index is 5.62. The van der Waals surface area contributed by atoms with E-state index in [9.17, 15) is 0 Å². The van der Waals surface area contributed by atoms with Gasteiger partial charge < -0.3 is 9.15 Å². The van der Waals surface area contributed by atoms with E-state index in [2.05, 4.69) is 25.1 Å². The minimum absolute atomic E-state index is 0.413. The molecule has 0 radical (unpaired) electrons. The number of aryl methyl sites for hydroxylation is 1. The maximum Gasteiger partial charge on any atom is 0.230 e. The Bertz CT molecular complexity index is 630. The Morgan fingerprint density at radius 2 is 2.22 bits per heavy atom. The fraction of sp³-hybridized carbons (Fsp3) is 0.625. The zero-order chi connectivity index (χ0) is 16.1. The standard InChI is InChI=1S/C16H23N5O2/c1-3-15-19-20-16(23-15)10-21-8-4-5-12(9-21)13-6-7-17-14(18-13)11-22-2/h6-7,12H,3-5,8-11H2,1-2H3/t12-/m1/s1. The monoisotopic (exact) mass is 317 g/mol. The van der Waals surface area contributed by atoms with Crippen molar-refractivity contribution in [1.29, 1.82) is 0 Å². The van der Waals surface area contributed by atoms with Gasteiger partial charge in [0.05, 0.1) is 6.54 Å². The second-order valence-electron chi connectivity index (χ2n) is 5.85. The van der Waals surface area contributed by atoms with E-state index in [4.69, 9.17) is 9.15 Å². The van der Waals surface area contributed by atoms with Gasteiger partial charge in [-0.25, -0.2) is 9.97 Å². The Kier molecular flexibility index (Phi) is 5.30. The predicted molar refractivity (Wildman–Crippen MR) is 83.7 cm³/mol. The highest BCUT2D eigenvalue weighted by atomic mass is 16.5. The van der Waals surface area contributed by atoms with Crippen molar-refractivity contribution in [3.63, 3.8) is 0 Å². The molecule has 2 aromatic heterocycles. The van der Waals surface area contributed by atoms with Crippen LogP contribution in [0.2, 0.25) is 0 Å². The van der Waals surface area contributed by atoms with Crippen LogP contribution >= 0.6 is 0 Å². The van der Waals surface area contributed by atoms with Crippen LogP contribution in [-0.2, 0) is 24.3 Å². The molecule has 1 aliphatic rings. The third-order valence-electron chi connectivity index (χ3n) is 4.09. The second kappa shape index (κ2) is 7.61. The first-order valence-electron chi connectivity index (χ1n) is 8.13. The molecule has 0 unspecified atom stereocenters. The third kappa shape index (κ3) is 4.11. The molecule has 0 bridgehead atoms. The van der Waals surface area contributed by atoms with Crippen LogP contribution in [0.25, 0.3) is 0 Å². The van der Waals surface area contributed by atoms with Gasteiger partial charge in [-0.05, 0) is 25.5 Å². The average Bonchev–Trinajstić information content (AvgIpc) is 3.03. The van der Waals surface area contributed by atoms with Crippen molar-refractivity contribution in [2.24, 2.45) is 0 Å². The van der Waals surface area contributed by atoms with Gasteiger partial charge in [0.25, 0.3) is 0 Å². The van der Waals surface area contributed by atoms with E-state index >= 15 is 0 Å². The van der Waals surface area contributed by atoms with Crippen molar-refractivity contribution in [2.75, 3.05) is 20.2 Å². The topological polar surface area (TPSA) is 77.2 Å². The quantitative estimate of drug-likeness (QED) is 0.805. The van der Waals surface area contributed by atoms with E-state index < -0.39 is 0 Å². The minimum Gasteiger partial charge on any atom is -0.424 e. The van der Waals surface area contributed by atoms with Crippen molar-refractivity contribution < 1.29 is 9.15 Å². The summed E-state index contributed by atoms with van der Waals surface area (Å²) < 4.78 is 10.7. The van der Waals surface area contributed by atoms with E-state index in [1.165, 1.54) is 0 Å². The van der Waals surface area contributed by atoms with E-state index in [1.54, 1.807) is 7.11 Å². The second-order valence-corrected chi connectivity index (χ2v) is 5.85. The van der Waals surface area contributed by atoms with Crippen LogP contribution in [0.15, 0.2) is 16.7 Å². The highest BCUT2D eigenvalue weighted by molar-refractivity contribution is 5.10. The highest BCUT2D eigenvalue weighted by Gasteiger charge is 2.24. The molecule has 2 aromatic rings. The summed E-state index contributed by atoms with van der Waals surface area (Å²) in [7, 11) is 1.66. The molecule has 1 aliphatic heterocycles. The van der Waals surface area contributed by atoms with Gasteiger partial charge in [-0.15, -0.1) is 10.2 Å². The summed E-state index contributed by atoms with van der Waals surface area (Å²) in [6.07, 6.45) is 4.88. The zero-order valence-corrected chi connectivity index (χ0v) is 13.7. The van der Waals surface area contributed by atoms with Crippen LogP contribution in [-0.4, -0.2) is 45.3 Å². The Hall–Kier alpha value is -1.86. The molecular formula is C16H23N5O2. The lowest BCUT2D eigenvalue weighted by atomic mass is 9.94. The fourth-order valence-corrected chi connectivity index (χ4v) is 2.97.